The smallest absolute Gasteiger partial charge is 0.152 e. The topological polar surface area (TPSA) is 21.3 Å². The largest absolute Gasteiger partial charge is 0.378 e. The summed E-state index contributed by atoms with van der Waals surface area (Å²) in [5, 5.41) is 2.83. The van der Waals surface area contributed by atoms with E-state index >= 15 is 0 Å². The normalized spacial score (nSPS) is 23.7. The summed E-state index contributed by atoms with van der Waals surface area (Å²) < 4.78 is 45.5. The molecule has 1 fully saturated rings. The quantitative estimate of drug-likeness (QED) is 0.906. The fraction of sp³-hybridized carbons (Fsp3) is 0.571. The van der Waals surface area contributed by atoms with Gasteiger partial charge in [0.25, 0.3) is 0 Å². The molecule has 2 rings (SSSR count). The zero-order valence-corrected chi connectivity index (χ0v) is 11.1. The van der Waals surface area contributed by atoms with Crippen LogP contribution in [0.2, 0.25) is 0 Å². The van der Waals surface area contributed by atoms with Gasteiger partial charge in [0.1, 0.15) is 11.5 Å². The van der Waals surface area contributed by atoms with E-state index in [9.17, 15) is 13.2 Å². The predicted octanol–water partition coefficient (Wildman–Crippen LogP) is 3.72. The zero-order chi connectivity index (χ0) is 14.0. The number of halogens is 3. The van der Waals surface area contributed by atoms with E-state index in [-0.39, 0.29) is 17.8 Å². The molecule has 2 nitrogen and oxygen atoms in total. The van der Waals surface area contributed by atoms with E-state index in [1.54, 1.807) is 0 Å². The third-order valence-corrected chi connectivity index (χ3v) is 3.41. The van der Waals surface area contributed by atoms with Crippen LogP contribution in [0.25, 0.3) is 0 Å². The summed E-state index contributed by atoms with van der Waals surface area (Å²) in [4.78, 5) is 0. The Kier molecular flexibility index (Phi) is 4.34. The molecule has 5 heteroatoms. The van der Waals surface area contributed by atoms with Crippen molar-refractivity contribution in [2.45, 2.75) is 38.8 Å². The van der Waals surface area contributed by atoms with Crippen molar-refractivity contribution in [3.05, 3.63) is 29.6 Å². The molecule has 1 saturated heterocycles. The first-order valence-corrected chi connectivity index (χ1v) is 6.50. The summed E-state index contributed by atoms with van der Waals surface area (Å²) in [7, 11) is 0. The molecular formula is C14H18F3NO. The fourth-order valence-electron chi connectivity index (χ4n) is 2.31. The maximum atomic E-state index is 13.5. The van der Waals surface area contributed by atoms with Gasteiger partial charge in [-0.3, -0.25) is 0 Å². The maximum Gasteiger partial charge on any atom is 0.152 e. The molecule has 1 aromatic carbocycles. The molecule has 1 aromatic rings. The Morgan fingerprint density at radius 3 is 2.42 bits per heavy atom. The Bertz CT molecular complexity index is 427. The van der Waals surface area contributed by atoms with Gasteiger partial charge in [-0.15, -0.1) is 0 Å². The SMILES string of the molecule is CC(C)C1CC(Nc2c(F)cc(F)cc2F)CCO1. The number of hydrogen-bond donors (Lipinski definition) is 1. The lowest BCUT2D eigenvalue weighted by atomic mass is 9.95. The monoisotopic (exact) mass is 273 g/mol. The highest BCUT2D eigenvalue weighted by atomic mass is 19.1. The van der Waals surface area contributed by atoms with E-state index < -0.39 is 17.5 Å². The van der Waals surface area contributed by atoms with Gasteiger partial charge < -0.3 is 10.1 Å². The van der Waals surface area contributed by atoms with Crippen LogP contribution in [0.15, 0.2) is 12.1 Å². The van der Waals surface area contributed by atoms with Crippen LogP contribution in [0.1, 0.15) is 26.7 Å². The van der Waals surface area contributed by atoms with Crippen molar-refractivity contribution in [1.29, 1.82) is 0 Å². The van der Waals surface area contributed by atoms with Gasteiger partial charge in [0.05, 0.1) is 6.10 Å². The number of anilines is 1. The van der Waals surface area contributed by atoms with Crippen molar-refractivity contribution >= 4 is 5.69 Å². The number of rotatable bonds is 3. The summed E-state index contributed by atoms with van der Waals surface area (Å²) >= 11 is 0. The molecular weight excluding hydrogens is 255 g/mol. The van der Waals surface area contributed by atoms with Crippen LogP contribution in [0.3, 0.4) is 0 Å². The second-order valence-electron chi connectivity index (χ2n) is 5.26. The minimum atomic E-state index is -0.910. The van der Waals surface area contributed by atoms with Crippen molar-refractivity contribution in [2.75, 3.05) is 11.9 Å². The van der Waals surface area contributed by atoms with Gasteiger partial charge in [0, 0.05) is 24.8 Å². The minimum absolute atomic E-state index is 0.0596. The van der Waals surface area contributed by atoms with Crippen molar-refractivity contribution in [2.24, 2.45) is 5.92 Å². The zero-order valence-electron chi connectivity index (χ0n) is 11.1. The Morgan fingerprint density at radius 1 is 1.21 bits per heavy atom. The van der Waals surface area contributed by atoms with E-state index in [0.717, 1.165) is 0 Å². The molecule has 1 aliphatic heterocycles. The maximum absolute atomic E-state index is 13.5. The summed E-state index contributed by atoms with van der Waals surface area (Å²) in [6.45, 7) is 4.66. The molecule has 0 amide bonds. The highest BCUT2D eigenvalue weighted by Gasteiger charge is 2.26. The summed E-state index contributed by atoms with van der Waals surface area (Å²) in [5.41, 5.74) is -0.254. The lowest BCUT2D eigenvalue weighted by Gasteiger charge is -2.33. The summed E-state index contributed by atoms with van der Waals surface area (Å²) in [5.74, 6) is -2.35. The van der Waals surface area contributed by atoms with Crippen molar-refractivity contribution in [1.82, 2.24) is 0 Å². The molecule has 1 aliphatic rings. The van der Waals surface area contributed by atoms with Crippen LogP contribution in [0.5, 0.6) is 0 Å². The third kappa shape index (κ3) is 3.41. The average molecular weight is 273 g/mol. The molecule has 1 heterocycles. The van der Waals surface area contributed by atoms with Crippen LogP contribution in [-0.2, 0) is 4.74 Å². The molecule has 19 heavy (non-hydrogen) atoms. The van der Waals surface area contributed by atoms with Crippen LogP contribution in [0.4, 0.5) is 18.9 Å². The fourth-order valence-corrected chi connectivity index (χ4v) is 2.31. The molecule has 0 saturated carbocycles. The van der Waals surface area contributed by atoms with Gasteiger partial charge in [-0.25, -0.2) is 13.2 Å². The second-order valence-corrected chi connectivity index (χ2v) is 5.26. The molecule has 0 aromatic heterocycles. The van der Waals surface area contributed by atoms with Gasteiger partial charge in [-0.2, -0.15) is 0 Å². The van der Waals surface area contributed by atoms with Gasteiger partial charge in [-0.1, -0.05) is 13.8 Å². The lowest BCUT2D eigenvalue weighted by Crippen LogP contribution is -2.37. The summed E-state index contributed by atoms with van der Waals surface area (Å²) in [6, 6.07) is 1.31. The van der Waals surface area contributed by atoms with Crippen molar-refractivity contribution in [3.63, 3.8) is 0 Å². The third-order valence-electron chi connectivity index (χ3n) is 3.41. The second kappa shape index (κ2) is 5.82. The molecule has 1 N–H and O–H groups in total. The molecule has 0 bridgehead atoms. The Hall–Kier alpha value is -1.23. The van der Waals surface area contributed by atoms with Crippen molar-refractivity contribution in [3.8, 4) is 0 Å². The first-order chi connectivity index (χ1) is 8.97. The number of hydrogen-bond acceptors (Lipinski definition) is 2. The lowest BCUT2D eigenvalue weighted by molar-refractivity contribution is -0.0161. The predicted molar refractivity (Wildman–Crippen MR) is 67.5 cm³/mol. The van der Waals surface area contributed by atoms with Gasteiger partial charge in [-0.05, 0) is 18.8 Å². The van der Waals surface area contributed by atoms with E-state index in [1.807, 2.05) is 13.8 Å². The molecule has 2 atom stereocenters. The highest BCUT2D eigenvalue weighted by molar-refractivity contribution is 5.47. The van der Waals surface area contributed by atoms with E-state index in [2.05, 4.69) is 5.32 Å². The van der Waals surface area contributed by atoms with Gasteiger partial charge in [0.15, 0.2) is 11.6 Å². The summed E-state index contributed by atoms with van der Waals surface area (Å²) in [6.07, 6.45) is 1.45. The van der Waals surface area contributed by atoms with Crippen LogP contribution < -0.4 is 5.32 Å². The number of nitrogens with one attached hydrogen (secondary N) is 1. The van der Waals surface area contributed by atoms with Crippen LogP contribution in [-0.4, -0.2) is 18.8 Å². The van der Waals surface area contributed by atoms with E-state index in [1.165, 1.54) is 0 Å². The molecule has 2 unspecified atom stereocenters. The Morgan fingerprint density at radius 2 is 1.84 bits per heavy atom. The molecule has 0 radical (unpaired) electrons. The van der Waals surface area contributed by atoms with Crippen molar-refractivity contribution < 1.29 is 17.9 Å². The highest BCUT2D eigenvalue weighted by Crippen LogP contribution is 2.26. The van der Waals surface area contributed by atoms with E-state index in [4.69, 9.17) is 4.74 Å². The first-order valence-electron chi connectivity index (χ1n) is 6.50. The molecule has 0 aliphatic carbocycles. The van der Waals surface area contributed by atoms with Crippen LogP contribution in [0, 0.1) is 23.4 Å². The Balaban J connectivity index is 2.09. The van der Waals surface area contributed by atoms with Gasteiger partial charge in [0.2, 0.25) is 0 Å². The Labute approximate surface area is 111 Å². The molecule has 106 valence electrons. The standard InChI is InChI=1S/C14H18F3NO/c1-8(2)13-7-10(3-4-19-13)18-14-11(16)5-9(15)6-12(14)17/h5-6,8,10,13,18H,3-4,7H2,1-2H3. The van der Waals surface area contributed by atoms with E-state index in [0.29, 0.717) is 37.5 Å². The molecule has 0 spiro atoms. The average Bonchev–Trinajstić information content (AvgIpc) is 2.34. The van der Waals surface area contributed by atoms with Crippen LogP contribution >= 0.6 is 0 Å². The van der Waals surface area contributed by atoms with Gasteiger partial charge >= 0.3 is 0 Å². The number of ether oxygens (including phenoxy) is 1. The number of benzene rings is 1. The first kappa shape index (κ1) is 14.2. The minimum Gasteiger partial charge on any atom is -0.378 e.